The van der Waals surface area contributed by atoms with E-state index in [1.54, 1.807) is 45.9 Å². The number of benzene rings is 1. The van der Waals surface area contributed by atoms with Gasteiger partial charge in [-0.05, 0) is 60.5 Å². The van der Waals surface area contributed by atoms with Gasteiger partial charge in [-0.1, -0.05) is 57.2 Å². The molecule has 0 aliphatic rings. The second kappa shape index (κ2) is 14.1. The molecule has 0 saturated carbocycles. The zero-order chi connectivity index (χ0) is 27.5. The van der Waals surface area contributed by atoms with Crippen molar-refractivity contribution in [3.05, 3.63) is 29.3 Å². The van der Waals surface area contributed by atoms with E-state index >= 15 is 0 Å². The van der Waals surface area contributed by atoms with Gasteiger partial charge in [-0.2, -0.15) is 0 Å². The first-order chi connectivity index (χ1) is 16.7. The smallest absolute Gasteiger partial charge is 0.408 e. The van der Waals surface area contributed by atoms with Gasteiger partial charge in [0.1, 0.15) is 23.9 Å². The van der Waals surface area contributed by atoms with E-state index in [9.17, 15) is 19.5 Å². The molecule has 3 N–H and O–H groups in total. The zero-order valence-corrected chi connectivity index (χ0v) is 23.5. The van der Waals surface area contributed by atoms with Gasteiger partial charge in [0, 0.05) is 17.6 Å². The number of ether oxygens (including phenoxy) is 1. The number of amides is 3. The van der Waals surface area contributed by atoms with Crippen molar-refractivity contribution in [2.75, 3.05) is 13.1 Å². The lowest BCUT2D eigenvalue weighted by Gasteiger charge is -2.34. The zero-order valence-electron chi connectivity index (χ0n) is 23.5. The average molecular weight is 506 g/mol. The van der Waals surface area contributed by atoms with Crippen molar-refractivity contribution in [3.63, 3.8) is 0 Å². The van der Waals surface area contributed by atoms with Crippen LogP contribution in [0, 0.1) is 6.92 Å². The lowest BCUT2D eigenvalue weighted by Crippen LogP contribution is -2.51. The number of nitrogens with one attached hydrogen (secondary N) is 2. The number of carbonyl (C=O) groups excluding carboxylic acids is 3. The van der Waals surface area contributed by atoms with Gasteiger partial charge in [-0.3, -0.25) is 9.59 Å². The van der Waals surface area contributed by atoms with E-state index in [0.717, 1.165) is 32.1 Å². The molecule has 0 aliphatic carbocycles. The molecule has 0 bridgehead atoms. The number of phenols is 1. The molecule has 1 atom stereocenters. The van der Waals surface area contributed by atoms with Crippen molar-refractivity contribution in [1.82, 2.24) is 15.5 Å². The average Bonchev–Trinajstić information content (AvgIpc) is 2.73. The van der Waals surface area contributed by atoms with Crippen LogP contribution >= 0.6 is 0 Å². The summed E-state index contributed by atoms with van der Waals surface area (Å²) in [5, 5.41) is 16.3. The monoisotopic (exact) mass is 505 g/mol. The number of nitrogens with zero attached hydrogens (tertiary/aromatic N) is 1. The summed E-state index contributed by atoms with van der Waals surface area (Å²) in [5.74, 6) is -0.836. The highest BCUT2D eigenvalue weighted by atomic mass is 16.6. The standard InChI is InChI=1S/C28H47N3O5/c1-9-10-11-12-13-14-18-31(22(32)19-29-26(35)36-28(6,7)8)23(25(34)30-27(3,4)5)21-17-15-16-20(2)24(21)33/h15-17,23,33H,9-14,18-19H2,1-8H3,(H,29,35)(H,30,34). The van der Waals surface area contributed by atoms with Crippen LogP contribution in [-0.2, 0) is 14.3 Å². The first-order valence-corrected chi connectivity index (χ1v) is 13.0. The topological polar surface area (TPSA) is 108 Å². The number of rotatable bonds is 12. The van der Waals surface area contributed by atoms with Crippen LogP contribution in [0.15, 0.2) is 18.2 Å². The number of carbonyl (C=O) groups is 3. The van der Waals surface area contributed by atoms with Gasteiger partial charge in [-0.15, -0.1) is 0 Å². The Morgan fingerprint density at radius 3 is 2.19 bits per heavy atom. The second-order valence-electron chi connectivity index (χ2n) is 11.4. The third-order valence-electron chi connectivity index (χ3n) is 5.48. The highest BCUT2D eigenvalue weighted by Gasteiger charge is 2.35. The molecule has 8 heteroatoms. The molecular formula is C28H47N3O5. The molecule has 1 unspecified atom stereocenters. The molecule has 0 aliphatic heterocycles. The normalized spacial score (nSPS) is 12.6. The third-order valence-corrected chi connectivity index (χ3v) is 5.48. The summed E-state index contributed by atoms with van der Waals surface area (Å²) in [6.07, 6.45) is 5.38. The fourth-order valence-corrected chi connectivity index (χ4v) is 3.81. The lowest BCUT2D eigenvalue weighted by atomic mass is 9.98. The minimum Gasteiger partial charge on any atom is -0.507 e. The minimum absolute atomic E-state index is 0.0209. The van der Waals surface area contributed by atoms with Gasteiger partial charge >= 0.3 is 6.09 Å². The number of phenolic OH excluding ortho intramolecular Hbond substituents is 1. The van der Waals surface area contributed by atoms with E-state index in [0.29, 0.717) is 24.1 Å². The Kier molecular flexibility index (Phi) is 12.2. The fraction of sp³-hybridized carbons (Fsp3) is 0.679. The van der Waals surface area contributed by atoms with Gasteiger partial charge in [0.2, 0.25) is 11.8 Å². The number of unbranched alkanes of at least 4 members (excludes halogenated alkanes) is 5. The van der Waals surface area contributed by atoms with Gasteiger partial charge in [-0.25, -0.2) is 4.79 Å². The Labute approximate surface area is 217 Å². The Hall–Kier alpha value is -2.77. The second-order valence-corrected chi connectivity index (χ2v) is 11.4. The SMILES string of the molecule is CCCCCCCCN(C(=O)CNC(=O)OC(C)(C)C)C(C(=O)NC(C)(C)C)c1cccc(C)c1O. The summed E-state index contributed by atoms with van der Waals surface area (Å²) in [6, 6.07) is 4.13. The Morgan fingerprint density at radius 2 is 1.61 bits per heavy atom. The molecule has 0 radical (unpaired) electrons. The first kappa shape index (κ1) is 31.3. The van der Waals surface area contributed by atoms with E-state index < -0.39 is 29.2 Å². The fourth-order valence-electron chi connectivity index (χ4n) is 3.81. The largest absolute Gasteiger partial charge is 0.507 e. The molecular weight excluding hydrogens is 458 g/mol. The highest BCUT2D eigenvalue weighted by Crippen LogP contribution is 2.32. The van der Waals surface area contributed by atoms with Crippen molar-refractivity contribution < 1.29 is 24.2 Å². The molecule has 8 nitrogen and oxygen atoms in total. The van der Waals surface area contributed by atoms with Crippen molar-refractivity contribution in [2.45, 2.75) is 111 Å². The Balaban J connectivity index is 3.27. The minimum atomic E-state index is -1.05. The number of alkyl carbamates (subject to hydrolysis) is 1. The van der Waals surface area contributed by atoms with Gasteiger partial charge in [0.05, 0.1) is 0 Å². The van der Waals surface area contributed by atoms with E-state index in [1.807, 2.05) is 20.8 Å². The molecule has 0 aromatic heterocycles. The van der Waals surface area contributed by atoms with E-state index in [1.165, 1.54) is 4.90 Å². The van der Waals surface area contributed by atoms with Crippen LogP contribution in [0.3, 0.4) is 0 Å². The van der Waals surface area contributed by atoms with Crippen LogP contribution in [0.5, 0.6) is 5.75 Å². The summed E-state index contributed by atoms with van der Waals surface area (Å²) >= 11 is 0. The van der Waals surface area contributed by atoms with E-state index in [-0.39, 0.29) is 18.2 Å². The van der Waals surface area contributed by atoms with Crippen LogP contribution in [0.1, 0.15) is 104 Å². The number of hydrogen-bond donors (Lipinski definition) is 3. The Bertz CT molecular complexity index is 871. The molecule has 3 amide bonds. The molecule has 0 heterocycles. The first-order valence-electron chi connectivity index (χ1n) is 13.0. The maximum Gasteiger partial charge on any atom is 0.408 e. The summed E-state index contributed by atoms with van der Waals surface area (Å²) in [4.78, 5) is 40.6. The van der Waals surface area contributed by atoms with Crippen LogP contribution in [0.25, 0.3) is 0 Å². The molecule has 204 valence electrons. The molecule has 1 aromatic rings. The molecule has 1 aromatic carbocycles. The number of aryl methyl sites for hydroxylation is 1. The van der Waals surface area contributed by atoms with Gasteiger partial charge in [0.25, 0.3) is 0 Å². The number of aromatic hydroxyl groups is 1. The van der Waals surface area contributed by atoms with Crippen LogP contribution in [-0.4, -0.2) is 52.1 Å². The number of para-hydroxylation sites is 1. The summed E-state index contributed by atoms with van der Waals surface area (Å²) < 4.78 is 5.26. The van der Waals surface area contributed by atoms with Crippen molar-refractivity contribution >= 4 is 17.9 Å². The van der Waals surface area contributed by atoms with Crippen molar-refractivity contribution in [2.24, 2.45) is 0 Å². The molecule has 1 rings (SSSR count). The van der Waals surface area contributed by atoms with Crippen molar-refractivity contribution in [1.29, 1.82) is 0 Å². The summed E-state index contributed by atoms with van der Waals surface area (Å²) in [6.45, 7) is 14.7. The summed E-state index contributed by atoms with van der Waals surface area (Å²) in [7, 11) is 0. The van der Waals surface area contributed by atoms with Gasteiger partial charge < -0.3 is 25.4 Å². The number of hydrogen-bond acceptors (Lipinski definition) is 5. The van der Waals surface area contributed by atoms with Crippen LogP contribution < -0.4 is 10.6 Å². The predicted molar refractivity (Wildman–Crippen MR) is 143 cm³/mol. The van der Waals surface area contributed by atoms with E-state index in [2.05, 4.69) is 17.6 Å². The molecule has 0 spiro atoms. The van der Waals surface area contributed by atoms with E-state index in [4.69, 9.17) is 4.74 Å². The maximum absolute atomic E-state index is 13.5. The summed E-state index contributed by atoms with van der Waals surface area (Å²) in [5.41, 5.74) is -0.278. The lowest BCUT2D eigenvalue weighted by molar-refractivity contribution is -0.141. The maximum atomic E-state index is 13.5. The Morgan fingerprint density at radius 1 is 1.00 bits per heavy atom. The molecule has 36 heavy (non-hydrogen) atoms. The van der Waals surface area contributed by atoms with Gasteiger partial charge in [0.15, 0.2) is 0 Å². The van der Waals surface area contributed by atoms with Crippen LogP contribution in [0.4, 0.5) is 4.79 Å². The van der Waals surface area contributed by atoms with Crippen LogP contribution in [0.2, 0.25) is 0 Å². The molecule has 0 fully saturated rings. The molecule has 0 saturated heterocycles. The highest BCUT2D eigenvalue weighted by molar-refractivity contribution is 5.91. The quantitative estimate of drug-likeness (QED) is 0.331. The van der Waals surface area contributed by atoms with Crippen molar-refractivity contribution in [3.8, 4) is 5.75 Å². The predicted octanol–water partition coefficient (Wildman–Crippen LogP) is 5.37. The third kappa shape index (κ3) is 11.3.